The summed E-state index contributed by atoms with van der Waals surface area (Å²) in [5.41, 5.74) is 1.70. The lowest BCUT2D eigenvalue weighted by Gasteiger charge is -2.16. The second-order valence-corrected chi connectivity index (χ2v) is 4.17. The normalized spacial score (nSPS) is 10.8. The minimum atomic E-state index is 0.0205. The Morgan fingerprint density at radius 3 is 2.94 bits per heavy atom. The van der Waals surface area contributed by atoms with Crippen LogP contribution < -0.4 is 0 Å². The predicted molar refractivity (Wildman–Crippen MR) is 71.8 cm³/mol. The number of carbonyl (C=O) groups excluding carboxylic acids is 1. The van der Waals surface area contributed by atoms with E-state index in [0.29, 0.717) is 25.3 Å². The van der Waals surface area contributed by atoms with Crippen LogP contribution in [-0.4, -0.2) is 42.6 Å². The third-order valence-corrected chi connectivity index (χ3v) is 2.94. The first kappa shape index (κ1) is 12.6. The molecule has 1 amide bonds. The maximum Gasteiger partial charge on any atom is 0.255 e. The third-order valence-electron chi connectivity index (χ3n) is 2.94. The molecule has 0 bridgehead atoms. The maximum atomic E-state index is 12.3. The van der Waals surface area contributed by atoms with Crippen molar-refractivity contribution in [1.29, 1.82) is 0 Å². The summed E-state index contributed by atoms with van der Waals surface area (Å²) in [6, 6.07) is 7.81. The lowest BCUT2D eigenvalue weighted by molar-refractivity contribution is 0.0712. The number of amides is 1. The zero-order valence-corrected chi connectivity index (χ0v) is 10.8. The average Bonchev–Trinajstić information content (AvgIpc) is 2.82. The van der Waals surface area contributed by atoms with Crippen LogP contribution in [0.4, 0.5) is 0 Å². The summed E-state index contributed by atoms with van der Waals surface area (Å²) in [5, 5.41) is 0.964. The van der Waals surface area contributed by atoms with Crippen molar-refractivity contribution in [2.75, 3.05) is 26.8 Å². The van der Waals surface area contributed by atoms with Crippen LogP contribution in [0.2, 0.25) is 0 Å². The Hall–Kier alpha value is -1.81. The second kappa shape index (κ2) is 5.69. The Labute approximate surface area is 107 Å². The van der Waals surface area contributed by atoms with Crippen LogP contribution in [0.5, 0.6) is 0 Å². The molecule has 0 saturated carbocycles. The Bertz CT molecular complexity index is 533. The molecule has 1 aromatic heterocycles. The maximum absolute atomic E-state index is 12.3. The molecular weight excluding hydrogens is 228 g/mol. The van der Waals surface area contributed by atoms with Crippen molar-refractivity contribution in [3.63, 3.8) is 0 Å². The Balaban J connectivity index is 2.13. The summed E-state index contributed by atoms with van der Waals surface area (Å²) in [6.45, 7) is 3.80. The number of ether oxygens (including phenoxy) is 1. The van der Waals surface area contributed by atoms with E-state index in [1.165, 1.54) is 0 Å². The molecule has 1 N–H and O–H groups in total. The van der Waals surface area contributed by atoms with Gasteiger partial charge < -0.3 is 14.6 Å². The number of aromatic amines is 1. The highest BCUT2D eigenvalue weighted by Gasteiger charge is 2.15. The van der Waals surface area contributed by atoms with E-state index < -0.39 is 0 Å². The molecule has 0 atom stereocenters. The largest absolute Gasteiger partial charge is 0.380 e. The van der Waals surface area contributed by atoms with Crippen LogP contribution in [0.25, 0.3) is 10.9 Å². The molecule has 0 fully saturated rings. The van der Waals surface area contributed by atoms with Crippen molar-refractivity contribution in [3.05, 3.63) is 36.0 Å². The summed E-state index contributed by atoms with van der Waals surface area (Å²) >= 11 is 0. The zero-order valence-electron chi connectivity index (χ0n) is 10.8. The lowest BCUT2D eigenvalue weighted by atomic mass is 10.1. The van der Waals surface area contributed by atoms with E-state index >= 15 is 0 Å². The number of hydrogen-bond acceptors (Lipinski definition) is 2. The van der Waals surface area contributed by atoms with Gasteiger partial charge in [0.25, 0.3) is 5.91 Å². The fourth-order valence-corrected chi connectivity index (χ4v) is 1.90. The number of nitrogens with one attached hydrogen (secondary N) is 1. The van der Waals surface area contributed by atoms with Crippen LogP contribution in [0.1, 0.15) is 17.3 Å². The van der Waals surface area contributed by atoms with Gasteiger partial charge in [-0.05, 0) is 13.0 Å². The van der Waals surface area contributed by atoms with Gasteiger partial charge in [0.2, 0.25) is 0 Å². The first-order valence-electron chi connectivity index (χ1n) is 6.13. The Morgan fingerprint density at radius 2 is 2.17 bits per heavy atom. The molecule has 0 aliphatic heterocycles. The molecule has 0 saturated heterocycles. The van der Waals surface area contributed by atoms with Crippen LogP contribution in [0.15, 0.2) is 30.5 Å². The molecule has 1 heterocycles. The van der Waals surface area contributed by atoms with Crippen molar-refractivity contribution in [2.24, 2.45) is 0 Å². The van der Waals surface area contributed by atoms with Crippen molar-refractivity contribution >= 4 is 16.8 Å². The number of nitrogens with zero attached hydrogens (tertiary/aromatic N) is 1. The fraction of sp³-hybridized carbons (Fsp3) is 0.357. The topological polar surface area (TPSA) is 45.3 Å². The summed E-state index contributed by atoms with van der Waals surface area (Å²) in [4.78, 5) is 17.1. The summed E-state index contributed by atoms with van der Waals surface area (Å²) in [6.07, 6.45) is 1.77. The van der Waals surface area contributed by atoms with Gasteiger partial charge in [-0.2, -0.15) is 0 Å². The molecule has 0 spiro atoms. The molecule has 1 aromatic carbocycles. The molecule has 0 aliphatic rings. The molecule has 0 aliphatic carbocycles. The highest BCUT2D eigenvalue weighted by Crippen LogP contribution is 2.18. The van der Waals surface area contributed by atoms with E-state index in [4.69, 9.17) is 4.74 Å². The number of benzene rings is 1. The number of fused-ring (bicyclic) bond motifs is 1. The van der Waals surface area contributed by atoms with Gasteiger partial charge in [0.1, 0.15) is 0 Å². The summed E-state index contributed by atoms with van der Waals surface area (Å²) in [7, 11) is 1.79. The number of aromatic nitrogens is 1. The number of para-hydroxylation sites is 1. The van der Waals surface area contributed by atoms with Gasteiger partial charge in [-0.1, -0.05) is 18.2 Å². The van der Waals surface area contributed by atoms with E-state index in [0.717, 1.165) is 10.9 Å². The van der Waals surface area contributed by atoms with E-state index in [2.05, 4.69) is 4.98 Å². The number of likely N-dealkylation sites (N-methyl/N-ethyl adjacent to an activating group) is 1. The quantitative estimate of drug-likeness (QED) is 0.823. The first-order chi connectivity index (χ1) is 8.74. The SMILES string of the molecule is CCOCCN(C)C(=O)c1c[nH]c2ccccc12. The molecular formula is C14H18N2O2. The summed E-state index contributed by atoms with van der Waals surface area (Å²) < 4.78 is 5.26. The molecule has 4 nitrogen and oxygen atoms in total. The predicted octanol–water partition coefficient (Wildman–Crippen LogP) is 2.28. The third kappa shape index (κ3) is 2.54. The highest BCUT2D eigenvalue weighted by atomic mass is 16.5. The van der Waals surface area contributed by atoms with Gasteiger partial charge in [0.05, 0.1) is 12.2 Å². The monoisotopic (exact) mass is 246 g/mol. The van der Waals surface area contributed by atoms with Crippen LogP contribution in [-0.2, 0) is 4.74 Å². The van der Waals surface area contributed by atoms with Crippen molar-refractivity contribution < 1.29 is 9.53 Å². The molecule has 0 unspecified atom stereocenters. The molecule has 18 heavy (non-hydrogen) atoms. The van der Waals surface area contributed by atoms with E-state index in [-0.39, 0.29) is 5.91 Å². The van der Waals surface area contributed by atoms with Crippen molar-refractivity contribution in [3.8, 4) is 0 Å². The number of carbonyl (C=O) groups is 1. The fourth-order valence-electron chi connectivity index (χ4n) is 1.90. The van der Waals surface area contributed by atoms with Crippen LogP contribution in [0, 0.1) is 0 Å². The molecule has 0 radical (unpaired) electrons. The molecule has 2 rings (SSSR count). The molecule has 96 valence electrons. The number of H-pyrrole nitrogens is 1. The smallest absolute Gasteiger partial charge is 0.255 e. The Kier molecular flexibility index (Phi) is 3.99. The van der Waals surface area contributed by atoms with E-state index in [1.54, 1.807) is 18.1 Å². The molecule has 4 heteroatoms. The average molecular weight is 246 g/mol. The minimum Gasteiger partial charge on any atom is -0.380 e. The van der Waals surface area contributed by atoms with Crippen LogP contribution in [0.3, 0.4) is 0 Å². The second-order valence-electron chi connectivity index (χ2n) is 4.17. The standard InChI is InChI=1S/C14H18N2O2/c1-3-18-9-8-16(2)14(17)12-10-15-13-7-5-4-6-11(12)13/h4-7,10,15H,3,8-9H2,1-2H3. The van der Waals surface area contributed by atoms with Crippen LogP contribution >= 0.6 is 0 Å². The van der Waals surface area contributed by atoms with E-state index in [1.807, 2.05) is 31.2 Å². The van der Waals surface area contributed by atoms with Gasteiger partial charge in [-0.15, -0.1) is 0 Å². The van der Waals surface area contributed by atoms with Crippen molar-refractivity contribution in [2.45, 2.75) is 6.92 Å². The minimum absolute atomic E-state index is 0.0205. The number of rotatable bonds is 5. The van der Waals surface area contributed by atoms with Gasteiger partial charge in [0, 0.05) is 37.3 Å². The first-order valence-corrected chi connectivity index (χ1v) is 6.13. The molecule has 2 aromatic rings. The highest BCUT2D eigenvalue weighted by molar-refractivity contribution is 6.06. The van der Waals surface area contributed by atoms with Gasteiger partial charge in [-0.25, -0.2) is 0 Å². The Morgan fingerprint density at radius 1 is 1.39 bits per heavy atom. The summed E-state index contributed by atoms with van der Waals surface area (Å²) in [5.74, 6) is 0.0205. The number of hydrogen-bond donors (Lipinski definition) is 1. The zero-order chi connectivity index (χ0) is 13.0. The van der Waals surface area contributed by atoms with Crippen molar-refractivity contribution in [1.82, 2.24) is 9.88 Å². The van der Waals surface area contributed by atoms with Gasteiger partial charge in [0.15, 0.2) is 0 Å². The van der Waals surface area contributed by atoms with E-state index in [9.17, 15) is 4.79 Å². The van der Waals surface area contributed by atoms with Gasteiger partial charge in [-0.3, -0.25) is 4.79 Å². The lowest BCUT2D eigenvalue weighted by Crippen LogP contribution is -2.30. The van der Waals surface area contributed by atoms with Gasteiger partial charge >= 0.3 is 0 Å².